The Bertz CT molecular complexity index is 432. The summed E-state index contributed by atoms with van der Waals surface area (Å²) in [7, 11) is 0. The van der Waals surface area contributed by atoms with E-state index in [0.717, 1.165) is 35.6 Å². The molecule has 1 aromatic rings. The van der Waals surface area contributed by atoms with Crippen molar-refractivity contribution in [3.63, 3.8) is 0 Å². The molecule has 78 valence electrons. The summed E-state index contributed by atoms with van der Waals surface area (Å²) in [5, 5.41) is 0. The van der Waals surface area contributed by atoms with Crippen LogP contribution in [0.25, 0.3) is 5.57 Å². The SMILES string of the molecule is C=C/C=C1/CCOc2ccc(C)c(N)c21. The van der Waals surface area contributed by atoms with Crippen LogP contribution in [0.2, 0.25) is 0 Å². The van der Waals surface area contributed by atoms with Gasteiger partial charge in [0.05, 0.1) is 6.61 Å². The van der Waals surface area contributed by atoms with Crippen LogP contribution in [0.5, 0.6) is 5.75 Å². The summed E-state index contributed by atoms with van der Waals surface area (Å²) in [6, 6.07) is 3.97. The van der Waals surface area contributed by atoms with Gasteiger partial charge in [-0.25, -0.2) is 0 Å². The minimum atomic E-state index is 0.717. The van der Waals surface area contributed by atoms with Crippen LogP contribution in [0.1, 0.15) is 17.5 Å². The molecule has 0 atom stereocenters. The molecule has 1 heterocycles. The number of nitrogens with two attached hydrogens (primary N) is 1. The van der Waals surface area contributed by atoms with E-state index in [1.807, 2.05) is 25.1 Å². The molecule has 0 unspecified atom stereocenters. The van der Waals surface area contributed by atoms with E-state index in [1.54, 1.807) is 6.08 Å². The lowest BCUT2D eigenvalue weighted by atomic mass is 9.95. The summed E-state index contributed by atoms with van der Waals surface area (Å²) in [4.78, 5) is 0. The van der Waals surface area contributed by atoms with Crippen LogP contribution in [0.4, 0.5) is 5.69 Å². The van der Waals surface area contributed by atoms with Crippen molar-refractivity contribution in [2.24, 2.45) is 0 Å². The Morgan fingerprint density at radius 2 is 2.27 bits per heavy atom. The van der Waals surface area contributed by atoms with Crippen molar-refractivity contribution in [1.82, 2.24) is 0 Å². The lowest BCUT2D eigenvalue weighted by Crippen LogP contribution is -2.10. The van der Waals surface area contributed by atoms with Gasteiger partial charge in [0.25, 0.3) is 0 Å². The van der Waals surface area contributed by atoms with Crippen molar-refractivity contribution in [1.29, 1.82) is 0 Å². The fourth-order valence-corrected chi connectivity index (χ4v) is 1.86. The number of hydrogen-bond donors (Lipinski definition) is 1. The Morgan fingerprint density at radius 1 is 1.47 bits per heavy atom. The zero-order chi connectivity index (χ0) is 10.8. The Hall–Kier alpha value is -1.70. The fraction of sp³-hybridized carbons (Fsp3) is 0.231. The van der Waals surface area contributed by atoms with Gasteiger partial charge >= 0.3 is 0 Å². The number of hydrogen-bond acceptors (Lipinski definition) is 2. The third-order valence-corrected chi connectivity index (χ3v) is 2.69. The van der Waals surface area contributed by atoms with E-state index in [4.69, 9.17) is 10.5 Å². The summed E-state index contributed by atoms with van der Waals surface area (Å²) in [5.74, 6) is 0.887. The van der Waals surface area contributed by atoms with Crippen molar-refractivity contribution < 1.29 is 4.74 Å². The highest BCUT2D eigenvalue weighted by molar-refractivity contribution is 5.82. The maximum atomic E-state index is 6.07. The van der Waals surface area contributed by atoms with Gasteiger partial charge in [-0.15, -0.1) is 0 Å². The first-order chi connectivity index (χ1) is 7.24. The molecule has 15 heavy (non-hydrogen) atoms. The monoisotopic (exact) mass is 201 g/mol. The van der Waals surface area contributed by atoms with Crippen LogP contribution >= 0.6 is 0 Å². The average molecular weight is 201 g/mol. The summed E-state index contributed by atoms with van der Waals surface area (Å²) >= 11 is 0. The molecule has 0 fully saturated rings. The van der Waals surface area contributed by atoms with Gasteiger partial charge in [-0.2, -0.15) is 0 Å². The van der Waals surface area contributed by atoms with Gasteiger partial charge in [-0.3, -0.25) is 0 Å². The summed E-state index contributed by atoms with van der Waals surface area (Å²) in [5.41, 5.74) is 10.2. The molecule has 0 aliphatic carbocycles. The number of ether oxygens (including phenoxy) is 1. The molecule has 0 saturated heterocycles. The molecular weight excluding hydrogens is 186 g/mol. The summed E-state index contributed by atoms with van der Waals surface area (Å²) in [6.45, 7) is 6.45. The smallest absolute Gasteiger partial charge is 0.128 e. The number of aryl methyl sites for hydroxylation is 1. The zero-order valence-electron chi connectivity index (χ0n) is 8.92. The molecular formula is C13H15NO. The van der Waals surface area contributed by atoms with Gasteiger partial charge in [-0.05, 0) is 24.1 Å². The number of rotatable bonds is 1. The Balaban J connectivity index is 2.63. The van der Waals surface area contributed by atoms with Crippen molar-refractivity contribution >= 4 is 11.3 Å². The van der Waals surface area contributed by atoms with E-state index in [1.165, 1.54) is 5.57 Å². The second-order valence-electron chi connectivity index (χ2n) is 3.70. The number of allylic oxidation sites excluding steroid dienone is 2. The molecule has 1 aromatic carbocycles. The molecule has 2 rings (SSSR count). The largest absolute Gasteiger partial charge is 0.493 e. The summed E-state index contributed by atoms with van der Waals surface area (Å²) in [6.07, 6.45) is 4.70. The maximum Gasteiger partial charge on any atom is 0.128 e. The number of benzene rings is 1. The molecule has 1 aliphatic heterocycles. The second kappa shape index (κ2) is 3.81. The van der Waals surface area contributed by atoms with Gasteiger partial charge in [0.2, 0.25) is 0 Å². The minimum Gasteiger partial charge on any atom is -0.493 e. The topological polar surface area (TPSA) is 35.2 Å². The highest BCUT2D eigenvalue weighted by Gasteiger charge is 2.18. The molecule has 0 radical (unpaired) electrons. The van der Waals surface area contributed by atoms with Gasteiger partial charge in [0.15, 0.2) is 0 Å². The van der Waals surface area contributed by atoms with Crippen molar-refractivity contribution in [3.8, 4) is 5.75 Å². The van der Waals surface area contributed by atoms with Gasteiger partial charge in [0, 0.05) is 17.7 Å². The molecule has 0 amide bonds. The lowest BCUT2D eigenvalue weighted by Gasteiger charge is -2.22. The number of anilines is 1. The predicted octanol–water partition coefficient (Wildman–Crippen LogP) is 2.93. The first kappa shape index (κ1) is 9.84. The van der Waals surface area contributed by atoms with Crippen LogP contribution < -0.4 is 10.5 Å². The fourth-order valence-electron chi connectivity index (χ4n) is 1.86. The molecule has 2 N–H and O–H groups in total. The minimum absolute atomic E-state index is 0.717. The van der Waals surface area contributed by atoms with Crippen LogP contribution in [0, 0.1) is 6.92 Å². The number of fused-ring (bicyclic) bond motifs is 1. The molecule has 0 saturated carbocycles. The van der Waals surface area contributed by atoms with Gasteiger partial charge in [-0.1, -0.05) is 24.8 Å². The highest BCUT2D eigenvalue weighted by Crippen LogP contribution is 2.38. The van der Waals surface area contributed by atoms with E-state index < -0.39 is 0 Å². The molecule has 1 aliphatic rings. The van der Waals surface area contributed by atoms with Crippen molar-refractivity contribution in [2.45, 2.75) is 13.3 Å². The molecule has 0 bridgehead atoms. The zero-order valence-corrected chi connectivity index (χ0v) is 8.92. The first-order valence-corrected chi connectivity index (χ1v) is 5.08. The van der Waals surface area contributed by atoms with Gasteiger partial charge < -0.3 is 10.5 Å². The molecule has 0 spiro atoms. The quantitative estimate of drug-likeness (QED) is 0.709. The van der Waals surface area contributed by atoms with Crippen molar-refractivity contribution in [2.75, 3.05) is 12.3 Å². The molecule has 0 aromatic heterocycles. The predicted molar refractivity (Wildman–Crippen MR) is 63.9 cm³/mol. The Morgan fingerprint density at radius 3 is 3.00 bits per heavy atom. The standard InChI is InChI=1S/C13H15NO/c1-3-4-10-7-8-15-11-6-5-9(2)13(14)12(10)11/h3-6H,1,7-8,14H2,2H3/b10-4-. The first-order valence-electron chi connectivity index (χ1n) is 5.08. The third kappa shape index (κ3) is 1.63. The van der Waals surface area contributed by atoms with E-state index in [2.05, 4.69) is 6.58 Å². The maximum absolute atomic E-state index is 6.07. The van der Waals surface area contributed by atoms with E-state index >= 15 is 0 Å². The van der Waals surface area contributed by atoms with E-state index in [-0.39, 0.29) is 0 Å². The molecule has 2 nitrogen and oxygen atoms in total. The van der Waals surface area contributed by atoms with E-state index in [0.29, 0.717) is 0 Å². The van der Waals surface area contributed by atoms with Crippen molar-refractivity contribution in [3.05, 3.63) is 42.0 Å². The Labute approximate surface area is 90.1 Å². The Kier molecular flexibility index (Phi) is 2.50. The average Bonchev–Trinajstić information content (AvgIpc) is 2.24. The van der Waals surface area contributed by atoms with Gasteiger partial charge in [0.1, 0.15) is 5.75 Å². The van der Waals surface area contributed by atoms with E-state index in [9.17, 15) is 0 Å². The van der Waals surface area contributed by atoms with Crippen LogP contribution in [-0.4, -0.2) is 6.61 Å². The third-order valence-electron chi connectivity index (χ3n) is 2.69. The lowest BCUT2D eigenvalue weighted by molar-refractivity contribution is 0.316. The molecule has 2 heteroatoms. The summed E-state index contributed by atoms with van der Waals surface area (Å²) < 4.78 is 5.58. The highest BCUT2D eigenvalue weighted by atomic mass is 16.5. The van der Waals surface area contributed by atoms with Crippen LogP contribution in [0.15, 0.2) is 30.9 Å². The number of nitrogen functional groups attached to an aromatic ring is 1. The van der Waals surface area contributed by atoms with Crippen LogP contribution in [0.3, 0.4) is 0 Å². The second-order valence-corrected chi connectivity index (χ2v) is 3.70. The van der Waals surface area contributed by atoms with Crippen LogP contribution in [-0.2, 0) is 0 Å². The normalized spacial score (nSPS) is 17.0.